The van der Waals surface area contributed by atoms with Crippen LogP contribution in [0.15, 0.2) is 79.0 Å². The Labute approximate surface area is 245 Å². The Balaban J connectivity index is 1.15. The summed E-state index contributed by atoms with van der Waals surface area (Å²) in [4.78, 5) is 24.3. The molecule has 41 heavy (non-hydrogen) atoms. The van der Waals surface area contributed by atoms with Gasteiger partial charge in [0, 0.05) is 72.7 Å². The number of carbonyl (C=O) groups is 1. The minimum Gasteiger partial charge on any atom is -0.381 e. The van der Waals surface area contributed by atoms with Gasteiger partial charge in [0.05, 0.1) is 17.5 Å². The zero-order valence-electron chi connectivity index (χ0n) is 23.5. The summed E-state index contributed by atoms with van der Waals surface area (Å²) in [5, 5.41) is 1.28. The van der Waals surface area contributed by atoms with Crippen LogP contribution in [0.25, 0.3) is 37.4 Å². The van der Waals surface area contributed by atoms with Gasteiger partial charge in [-0.3, -0.25) is 9.69 Å². The lowest BCUT2D eigenvalue weighted by atomic mass is 9.86. The molecule has 0 bridgehead atoms. The monoisotopic (exact) mass is 564 g/mol. The van der Waals surface area contributed by atoms with Gasteiger partial charge >= 0.3 is 0 Å². The molecule has 210 valence electrons. The lowest BCUT2D eigenvalue weighted by Gasteiger charge is -2.38. The predicted octanol–water partition coefficient (Wildman–Crippen LogP) is 6.73. The Hall–Kier alpha value is -3.52. The number of carbonyl (C=O) groups excluding carboxylic acids is 1. The molecule has 5 aromatic rings. The number of benzene rings is 2. The van der Waals surface area contributed by atoms with Gasteiger partial charge in [-0.2, -0.15) is 0 Å². The number of aromatic nitrogens is 2. The minimum atomic E-state index is 0.107. The largest absolute Gasteiger partial charge is 0.381 e. The first-order valence-corrected chi connectivity index (χ1v) is 15.6. The molecule has 1 saturated carbocycles. The number of pyridine rings is 1. The Morgan fingerprint density at radius 2 is 1.76 bits per heavy atom. The molecule has 1 amide bonds. The first kappa shape index (κ1) is 26.4. The highest BCUT2D eigenvalue weighted by molar-refractivity contribution is 7.22. The molecule has 2 aromatic carbocycles. The highest BCUT2D eigenvalue weighted by Crippen LogP contribution is 2.35. The van der Waals surface area contributed by atoms with Crippen LogP contribution in [0.3, 0.4) is 0 Å². The SMILES string of the molecule is CO[C@H]1CCC[C@@H](C(=O)N2CCN(Cc3c(-c4ccccc4)nc4ccc(-c5cc6ccccc6s5)cn34)CC2)C1. The summed E-state index contributed by atoms with van der Waals surface area (Å²) >= 11 is 1.83. The van der Waals surface area contributed by atoms with Crippen LogP contribution in [0.5, 0.6) is 0 Å². The number of hydrogen-bond donors (Lipinski definition) is 0. The number of hydrogen-bond acceptors (Lipinski definition) is 5. The minimum absolute atomic E-state index is 0.107. The van der Waals surface area contributed by atoms with Crippen molar-refractivity contribution < 1.29 is 9.53 Å². The molecule has 1 aliphatic carbocycles. The van der Waals surface area contributed by atoms with E-state index in [1.807, 2.05) is 11.3 Å². The van der Waals surface area contributed by atoms with Gasteiger partial charge < -0.3 is 14.0 Å². The van der Waals surface area contributed by atoms with E-state index in [1.54, 1.807) is 7.11 Å². The summed E-state index contributed by atoms with van der Waals surface area (Å²) < 4.78 is 9.17. The van der Waals surface area contributed by atoms with Crippen molar-refractivity contribution in [1.82, 2.24) is 19.2 Å². The van der Waals surface area contributed by atoms with Crippen molar-refractivity contribution in [3.63, 3.8) is 0 Å². The molecule has 1 saturated heterocycles. The number of nitrogens with zero attached hydrogens (tertiary/aromatic N) is 4. The lowest BCUT2D eigenvalue weighted by Crippen LogP contribution is -2.50. The molecular weight excluding hydrogens is 528 g/mol. The maximum absolute atomic E-state index is 13.3. The Bertz CT molecular complexity index is 1640. The molecule has 3 aromatic heterocycles. The average Bonchev–Trinajstić information content (AvgIpc) is 3.63. The molecule has 2 aliphatic rings. The summed E-state index contributed by atoms with van der Waals surface area (Å²) in [5.41, 5.74) is 5.53. The van der Waals surface area contributed by atoms with E-state index >= 15 is 0 Å². The number of rotatable bonds is 6. The van der Waals surface area contributed by atoms with Crippen molar-refractivity contribution in [3.8, 4) is 21.7 Å². The fraction of sp³-hybridized carbons (Fsp3) is 0.353. The van der Waals surface area contributed by atoms with E-state index in [9.17, 15) is 4.79 Å². The number of ether oxygens (including phenoxy) is 1. The van der Waals surface area contributed by atoms with Crippen LogP contribution in [0.4, 0.5) is 0 Å². The van der Waals surface area contributed by atoms with Gasteiger partial charge in [0.1, 0.15) is 5.65 Å². The van der Waals surface area contributed by atoms with E-state index in [4.69, 9.17) is 9.72 Å². The molecule has 0 spiro atoms. The smallest absolute Gasteiger partial charge is 0.225 e. The summed E-state index contributed by atoms with van der Waals surface area (Å²) in [6.07, 6.45) is 6.48. The Kier molecular flexibility index (Phi) is 7.33. The van der Waals surface area contributed by atoms with Crippen molar-refractivity contribution in [2.45, 2.75) is 38.3 Å². The molecule has 0 N–H and O–H groups in total. The van der Waals surface area contributed by atoms with Crippen LogP contribution < -0.4 is 0 Å². The molecule has 4 heterocycles. The molecule has 2 atom stereocenters. The van der Waals surface area contributed by atoms with E-state index < -0.39 is 0 Å². The Morgan fingerprint density at radius 1 is 0.951 bits per heavy atom. The lowest BCUT2D eigenvalue weighted by molar-refractivity contribution is -0.140. The third kappa shape index (κ3) is 5.30. The van der Waals surface area contributed by atoms with Crippen LogP contribution >= 0.6 is 11.3 Å². The third-order valence-electron chi connectivity index (χ3n) is 8.84. The van der Waals surface area contributed by atoms with Crippen molar-refractivity contribution in [2.24, 2.45) is 5.92 Å². The van der Waals surface area contributed by atoms with Crippen LogP contribution in [-0.4, -0.2) is 64.5 Å². The molecule has 0 radical (unpaired) electrons. The van der Waals surface area contributed by atoms with Crippen molar-refractivity contribution >= 4 is 33.0 Å². The summed E-state index contributed by atoms with van der Waals surface area (Å²) in [6, 6.07) is 25.7. The predicted molar refractivity (Wildman–Crippen MR) is 166 cm³/mol. The maximum Gasteiger partial charge on any atom is 0.225 e. The highest BCUT2D eigenvalue weighted by atomic mass is 32.1. The molecule has 7 rings (SSSR count). The normalized spacial score (nSPS) is 20.2. The molecule has 1 aliphatic heterocycles. The van der Waals surface area contributed by atoms with Gasteiger partial charge in [-0.15, -0.1) is 11.3 Å². The van der Waals surface area contributed by atoms with E-state index in [2.05, 4.69) is 93.2 Å². The fourth-order valence-corrected chi connectivity index (χ4v) is 7.57. The van der Waals surface area contributed by atoms with Crippen LogP contribution in [-0.2, 0) is 16.1 Å². The topological polar surface area (TPSA) is 50.1 Å². The van der Waals surface area contributed by atoms with E-state index in [0.717, 1.165) is 75.3 Å². The van der Waals surface area contributed by atoms with E-state index in [1.165, 1.54) is 26.2 Å². The molecular formula is C34H36N4O2S. The summed E-state index contributed by atoms with van der Waals surface area (Å²) in [5.74, 6) is 0.426. The van der Waals surface area contributed by atoms with Gasteiger partial charge in [0.2, 0.25) is 5.91 Å². The van der Waals surface area contributed by atoms with Crippen LogP contribution in [0.1, 0.15) is 31.4 Å². The molecule has 0 unspecified atom stereocenters. The fourth-order valence-electron chi connectivity index (χ4n) is 6.52. The van der Waals surface area contributed by atoms with Crippen LogP contribution in [0, 0.1) is 5.92 Å². The second kappa shape index (κ2) is 11.4. The van der Waals surface area contributed by atoms with Crippen molar-refractivity contribution in [1.29, 1.82) is 0 Å². The first-order chi connectivity index (χ1) is 20.2. The number of thiophene rings is 1. The van der Waals surface area contributed by atoms with Gasteiger partial charge in [-0.25, -0.2) is 4.98 Å². The standard InChI is InChI=1S/C34H36N4O2S/c1-40-28-12-7-11-26(20-28)34(39)37-18-16-36(17-19-37)23-29-33(24-8-3-2-4-9-24)35-32-15-14-27(22-38(29)32)31-21-25-10-5-6-13-30(25)41-31/h2-6,8-10,13-15,21-22,26,28H,7,11-12,16-20,23H2,1H3/t26-,28+/m1/s1. The number of imidazole rings is 1. The van der Waals surface area contributed by atoms with E-state index in [-0.39, 0.29) is 12.0 Å². The highest BCUT2D eigenvalue weighted by Gasteiger charge is 2.32. The third-order valence-corrected chi connectivity index (χ3v) is 10.0. The number of fused-ring (bicyclic) bond motifs is 2. The molecule has 2 fully saturated rings. The van der Waals surface area contributed by atoms with E-state index in [0.29, 0.717) is 5.91 Å². The Morgan fingerprint density at radius 3 is 2.56 bits per heavy atom. The zero-order chi connectivity index (χ0) is 27.8. The zero-order valence-corrected chi connectivity index (χ0v) is 24.4. The number of amides is 1. The molecule has 6 nitrogen and oxygen atoms in total. The van der Waals surface area contributed by atoms with Gasteiger partial charge in [-0.1, -0.05) is 55.0 Å². The molecule has 7 heteroatoms. The average molecular weight is 565 g/mol. The quantitative estimate of drug-likeness (QED) is 0.229. The van der Waals surface area contributed by atoms with Crippen LogP contribution in [0.2, 0.25) is 0 Å². The van der Waals surface area contributed by atoms with Crippen molar-refractivity contribution in [3.05, 3.63) is 84.7 Å². The summed E-state index contributed by atoms with van der Waals surface area (Å²) in [7, 11) is 1.77. The summed E-state index contributed by atoms with van der Waals surface area (Å²) in [6.45, 7) is 4.07. The number of piperazine rings is 1. The van der Waals surface area contributed by atoms with Gasteiger partial charge in [0.15, 0.2) is 0 Å². The second-order valence-corrected chi connectivity index (χ2v) is 12.5. The van der Waals surface area contributed by atoms with Crippen molar-refractivity contribution in [2.75, 3.05) is 33.3 Å². The number of methoxy groups -OCH3 is 1. The van der Waals surface area contributed by atoms with Gasteiger partial charge in [-0.05, 0) is 48.9 Å². The van der Waals surface area contributed by atoms with Gasteiger partial charge in [0.25, 0.3) is 0 Å². The second-order valence-electron chi connectivity index (χ2n) is 11.4. The maximum atomic E-state index is 13.3. The first-order valence-electron chi connectivity index (χ1n) is 14.8.